The normalized spacial score (nSPS) is 16.5. The summed E-state index contributed by atoms with van der Waals surface area (Å²) >= 11 is 0. The van der Waals surface area contributed by atoms with E-state index in [9.17, 15) is 28.8 Å². The van der Waals surface area contributed by atoms with Crippen LogP contribution in [0.25, 0.3) is 0 Å². The third-order valence-electron chi connectivity index (χ3n) is 8.32. The zero-order valence-electron chi connectivity index (χ0n) is 29.7. The maximum atomic E-state index is 14.1. The van der Waals surface area contributed by atoms with Crippen LogP contribution in [0.3, 0.4) is 0 Å². The van der Waals surface area contributed by atoms with E-state index in [2.05, 4.69) is 5.32 Å². The SMILES string of the molecule is COC(=O)[C@@H](CC(C(=O)CCC1(Cc2ccccc2)C(=O)OCN1C(=O)OC(C)(C)C)C(=O)OCc1ccccc1)NC(=O)OCc1ccccc1. The van der Waals surface area contributed by atoms with Gasteiger partial charge in [0.15, 0.2) is 12.3 Å². The van der Waals surface area contributed by atoms with Gasteiger partial charge in [-0.25, -0.2) is 19.2 Å². The number of Topliss-reactive ketones (excluding diaryl/α,β-unsaturated/α-hetero) is 1. The Hall–Kier alpha value is -5.72. The van der Waals surface area contributed by atoms with E-state index in [1.807, 2.05) is 0 Å². The molecule has 1 N–H and O–H groups in total. The number of cyclic esters (lactones) is 1. The highest BCUT2D eigenvalue weighted by atomic mass is 16.6. The molecule has 4 rings (SSSR count). The number of amides is 2. The lowest BCUT2D eigenvalue weighted by atomic mass is 9.82. The number of hydrogen-bond donors (Lipinski definition) is 1. The van der Waals surface area contributed by atoms with Crippen LogP contribution in [-0.2, 0) is 62.5 Å². The molecule has 2 amide bonds. The molecule has 1 aliphatic rings. The number of hydrogen-bond acceptors (Lipinski definition) is 11. The number of carbonyl (C=O) groups is 6. The Labute approximate surface area is 302 Å². The lowest BCUT2D eigenvalue weighted by Gasteiger charge is -2.35. The third kappa shape index (κ3) is 10.9. The van der Waals surface area contributed by atoms with Crippen LogP contribution in [0.15, 0.2) is 91.0 Å². The van der Waals surface area contributed by atoms with Gasteiger partial charge in [-0.05, 0) is 50.3 Å². The smallest absolute Gasteiger partial charge is 0.413 e. The predicted molar refractivity (Wildman–Crippen MR) is 186 cm³/mol. The van der Waals surface area contributed by atoms with Crippen LogP contribution in [0.4, 0.5) is 9.59 Å². The minimum atomic E-state index is -1.67. The van der Waals surface area contributed by atoms with Crippen LogP contribution in [0.5, 0.6) is 0 Å². The lowest BCUT2D eigenvalue weighted by molar-refractivity contribution is -0.154. The number of alkyl carbamates (subject to hydrolysis) is 1. The first-order valence-corrected chi connectivity index (χ1v) is 16.8. The molecule has 0 aliphatic carbocycles. The fraction of sp³-hybridized carbons (Fsp3) is 0.385. The van der Waals surface area contributed by atoms with Crippen molar-refractivity contribution in [1.82, 2.24) is 10.2 Å². The van der Waals surface area contributed by atoms with Gasteiger partial charge in [0.1, 0.15) is 36.6 Å². The summed E-state index contributed by atoms with van der Waals surface area (Å²) in [6.45, 7) is 4.37. The third-order valence-corrected chi connectivity index (χ3v) is 8.32. The minimum absolute atomic E-state index is 0.0120. The summed E-state index contributed by atoms with van der Waals surface area (Å²) in [6.07, 6.45) is -3.01. The van der Waals surface area contributed by atoms with E-state index in [0.717, 1.165) is 12.0 Å². The second-order valence-corrected chi connectivity index (χ2v) is 13.3. The van der Waals surface area contributed by atoms with Gasteiger partial charge in [0.05, 0.1) is 7.11 Å². The largest absolute Gasteiger partial charge is 0.467 e. The van der Waals surface area contributed by atoms with Crippen molar-refractivity contribution in [2.75, 3.05) is 13.8 Å². The highest BCUT2D eigenvalue weighted by Gasteiger charge is 2.54. The number of methoxy groups -OCH3 is 1. The minimum Gasteiger partial charge on any atom is -0.467 e. The molecule has 0 radical (unpaired) electrons. The van der Waals surface area contributed by atoms with E-state index in [-0.39, 0.29) is 26.1 Å². The molecular weight excluding hydrogens is 672 g/mol. The number of nitrogens with zero attached hydrogens (tertiary/aromatic N) is 1. The van der Waals surface area contributed by atoms with Gasteiger partial charge in [-0.15, -0.1) is 0 Å². The van der Waals surface area contributed by atoms with Crippen molar-refractivity contribution in [3.8, 4) is 0 Å². The molecule has 1 aliphatic heterocycles. The molecule has 3 aromatic rings. The van der Waals surface area contributed by atoms with Gasteiger partial charge < -0.3 is 29.0 Å². The van der Waals surface area contributed by atoms with Gasteiger partial charge in [-0.3, -0.25) is 14.5 Å². The fourth-order valence-corrected chi connectivity index (χ4v) is 5.65. The molecule has 1 heterocycles. The van der Waals surface area contributed by atoms with Gasteiger partial charge in [-0.1, -0.05) is 91.0 Å². The van der Waals surface area contributed by atoms with Crippen LogP contribution < -0.4 is 5.32 Å². The predicted octanol–water partition coefficient (Wildman–Crippen LogP) is 5.29. The Morgan fingerprint density at radius 3 is 1.88 bits per heavy atom. The van der Waals surface area contributed by atoms with Crippen LogP contribution >= 0.6 is 0 Å². The zero-order valence-corrected chi connectivity index (χ0v) is 29.7. The Morgan fingerprint density at radius 2 is 1.35 bits per heavy atom. The van der Waals surface area contributed by atoms with E-state index in [0.29, 0.717) is 16.7 Å². The molecule has 276 valence electrons. The first-order chi connectivity index (χ1) is 24.8. The average molecular weight is 717 g/mol. The monoisotopic (exact) mass is 716 g/mol. The standard InChI is InChI=1S/C39H44N2O11/c1-38(2,3)52-37(47)41-26-51-35(45)39(41,23-27-14-8-5-9-15-27)21-20-32(42)30(33(43)49-24-28-16-10-6-11-17-28)22-31(34(44)48-4)40-36(46)50-25-29-18-12-7-13-19-29/h5-19,30-31H,20-26H2,1-4H3,(H,40,46)/t30?,31-,39?/m1/s1. The molecular formula is C39H44N2O11. The van der Waals surface area contributed by atoms with Gasteiger partial charge >= 0.3 is 30.1 Å². The van der Waals surface area contributed by atoms with Crippen molar-refractivity contribution in [2.45, 2.75) is 76.9 Å². The van der Waals surface area contributed by atoms with Crippen molar-refractivity contribution in [1.29, 1.82) is 0 Å². The lowest BCUT2D eigenvalue weighted by Crippen LogP contribution is -2.54. The van der Waals surface area contributed by atoms with E-state index in [1.165, 1.54) is 0 Å². The number of ketones is 1. The van der Waals surface area contributed by atoms with Crippen molar-refractivity contribution in [3.05, 3.63) is 108 Å². The molecule has 0 spiro atoms. The Bertz CT molecular complexity index is 1690. The molecule has 13 heteroatoms. The number of carbonyl (C=O) groups excluding carboxylic acids is 6. The van der Waals surface area contributed by atoms with Gasteiger partial charge in [0.25, 0.3) is 0 Å². The first kappa shape index (κ1) is 39.1. The zero-order chi connectivity index (χ0) is 37.7. The number of rotatable bonds is 15. The molecule has 0 bridgehead atoms. The molecule has 2 unspecified atom stereocenters. The van der Waals surface area contributed by atoms with Crippen molar-refractivity contribution in [3.63, 3.8) is 0 Å². The molecule has 13 nitrogen and oxygen atoms in total. The van der Waals surface area contributed by atoms with E-state index in [1.54, 1.807) is 112 Å². The highest BCUT2D eigenvalue weighted by molar-refractivity contribution is 6.00. The summed E-state index contributed by atoms with van der Waals surface area (Å²) in [5, 5.41) is 2.40. The molecule has 3 aromatic carbocycles. The molecule has 0 saturated carbocycles. The summed E-state index contributed by atoms with van der Waals surface area (Å²) in [5.41, 5.74) is -0.537. The Balaban J connectivity index is 1.60. The average Bonchev–Trinajstić information content (AvgIpc) is 3.45. The molecule has 0 aromatic heterocycles. The number of benzene rings is 3. The van der Waals surface area contributed by atoms with Crippen LogP contribution in [0, 0.1) is 5.92 Å². The van der Waals surface area contributed by atoms with Gasteiger partial charge in [-0.2, -0.15) is 0 Å². The number of ether oxygens (including phenoxy) is 5. The summed E-state index contributed by atoms with van der Waals surface area (Å²) in [6, 6.07) is 25.0. The quantitative estimate of drug-likeness (QED) is 0.124. The van der Waals surface area contributed by atoms with Crippen LogP contribution in [-0.4, -0.2) is 71.8 Å². The topological polar surface area (TPSA) is 164 Å². The van der Waals surface area contributed by atoms with E-state index < -0.39 is 78.5 Å². The summed E-state index contributed by atoms with van der Waals surface area (Å²) in [5.74, 6) is -4.93. The van der Waals surface area contributed by atoms with Crippen molar-refractivity contribution in [2.24, 2.45) is 5.92 Å². The Morgan fingerprint density at radius 1 is 0.808 bits per heavy atom. The fourth-order valence-electron chi connectivity index (χ4n) is 5.65. The van der Waals surface area contributed by atoms with Gasteiger partial charge in [0.2, 0.25) is 0 Å². The summed E-state index contributed by atoms with van der Waals surface area (Å²) < 4.78 is 26.7. The second kappa shape index (κ2) is 18.0. The Kier molecular flexibility index (Phi) is 13.5. The molecule has 52 heavy (non-hydrogen) atoms. The van der Waals surface area contributed by atoms with E-state index in [4.69, 9.17) is 23.7 Å². The van der Waals surface area contributed by atoms with E-state index >= 15 is 0 Å². The second-order valence-electron chi connectivity index (χ2n) is 13.3. The molecule has 1 saturated heterocycles. The van der Waals surface area contributed by atoms with Crippen molar-refractivity contribution >= 4 is 35.9 Å². The maximum Gasteiger partial charge on any atom is 0.413 e. The maximum absolute atomic E-state index is 14.1. The first-order valence-electron chi connectivity index (χ1n) is 16.8. The number of esters is 3. The van der Waals surface area contributed by atoms with Crippen LogP contribution in [0.1, 0.15) is 56.7 Å². The summed E-state index contributed by atoms with van der Waals surface area (Å²) in [7, 11) is 1.10. The highest BCUT2D eigenvalue weighted by Crippen LogP contribution is 2.35. The van der Waals surface area contributed by atoms with Crippen LogP contribution in [0.2, 0.25) is 0 Å². The molecule has 1 fully saturated rings. The number of nitrogens with one attached hydrogen (secondary N) is 1. The summed E-state index contributed by atoms with van der Waals surface area (Å²) in [4.78, 5) is 81.6. The van der Waals surface area contributed by atoms with Gasteiger partial charge in [0, 0.05) is 12.8 Å². The van der Waals surface area contributed by atoms with Crippen molar-refractivity contribution < 1.29 is 52.5 Å². The molecule has 3 atom stereocenters.